The third-order valence-corrected chi connectivity index (χ3v) is 3.72. The zero-order valence-corrected chi connectivity index (χ0v) is 13.5. The summed E-state index contributed by atoms with van der Waals surface area (Å²) in [6, 6.07) is 19.1. The van der Waals surface area contributed by atoms with Crippen LogP contribution >= 0.6 is 0 Å². The number of benzene rings is 2. The number of carbonyl (C=O) groups excluding carboxylic acids is 2. The molecular formula is C19H22N2O2. The lowest BCUT2D eigenvalue weighted by Crippen LogP contribution is -2.42. The van der Waals surface area contributed by atoms with Gasteiger partial charge in [0.05, 0.1) is 6.04 Å². The van der Waals surface area contributed by atoms with Crippen LogP contribution in [0.15, 0.2) is 60.7 Å². The molecule has 0 saturated carbocycles. The van der Waals surface area contributed by atoms with Crippen molar-refractivity contribution in [1.29, 1.82) is 0 Å². The molecule has 2 aromatic rings. The molecule has 0 unspecified atom stereocenters. The molecule has 0 aliphatic heterocycles. The second-order valence-electron chi connectivity index (χ2n) is 5.49. The number of carbonyl (C=O) groups is 2. The Labute approximate surface area is 137 Å². The summed E-state index contributed by atoms with van der Waals surface area (Å²) in [6.45, 7) is 2.39. The molecule has 2 rings (SSSR count). The Balaban J connectivity index is 1.97. The van der Waals surface area contributed by atoms with E-state index in [0.29, 0.717) is 6.54 Å². The second-order valence-corrected chi connectivity index (χ2v) is 5.49. The van der Waals surface area contributed by atoms with Gasteiger partial charge in [-0.2, -0.15) is 0 Å². The van der Waals surface area contributed by atoms with Gasteiger partial charge in [-0.05, 0) is 17.5 Å². The van der Waals surface area contributed by atoms with E-state index >= 15 is 0 Å². The summed E-state index contributed by atoms with van der Waals surface area (Å²) in [5.74, 6) is -1.10. The fourth-order valence-corrected chi connectivity index (χ4v) is 2.43. The first-order valence-corrected chi connectivity index (χ1v) is 7.76. The highest BCUT2D eigenvalue weighted by atomic mass is 16.2. The summed E-state index contributed by atoms with van der Waals surface area (Å²) >= 11 is 0. The Kier molecular flexibility index (Phi) is 5.92. The zero-order chi connectivity index (χ0) is 16.7. The first-order valence-electron chi connectivity index (χ1n) is 7.76. The monoisotopic (exact) mass is 310 g/mol. The largest absolute Gasteiger partial charge is 0.341 e. The molecule has 0 aliphatic carbocycles. The van der Waals surface area contributed by atoms with Gasteiger partial charge in [-0.25, -0.2) is 0 Å². The van der Waals surface area contributed by atoms with Crippen molar-refractivity contribution in [3.8, 4) is 0 Å². The maximum Gasteiger partial charge on any atom is 0.311 e. The summed E-state index contributed by atoms with van der Waals surface area (Å²) in [6.07, 6.45) is 0.728. The molecule has 0 aromatic heterocycles. The molecule has 23 heavy (non-hydrogen) atoms. The molecule has 0 saturated heterocycles. The SMILES string of the molecule is CC[C@@H](NC(=O)C(=O)N(C)Cc1ccccc1)c1ccccc1. The lowest BCUT2D eigenvalue weighted by Gasteiger charge is -2.20. The minimum absolute atomic E-state index is 0.155. The van der Waals surface area contributed by atoms with Crippen molar-refractivity contribution < 1.29 is 9.59 Å². The number of likely N-dealkylation sites (N-methyl/N-ethyl adjacent to an activating group) is 1. The molecular weight excluding hydrogens is 288 g/mol. The number of hydrogen-bond donors (Lipinski definition) is 1. The topological polar surface area (TPSA) is 49.4 Å². The zero-order valence-electron chi connectivity index (χ0n) is 13.5. The van der Waals surface area contributed by atoms with Crippen LogP contribution in [0.4, 0.5) is 0 Å². The van der Waals surface area contributed by atoms with Crippen LogP contribution in [0.3, 0.4) is 0 Å². The highest BCUT2D eigenvalue weighted by Crippen LogP contribution is 2.15. The van der Waals surface area contributed by atoms with Crippen molar-refractivity contribution in [3.63, 3.8) is 0 Å². The minimum Gasteiger partial charge on any atom is -0.341 e. The molecule has 120 valence electrons. The van der Waals surface area contributed by atoms with Crippen molar-refractivity contribution >= 4 is 11.8 Å². The molecule has 0 radical (unpaired) electrons. The van der Waals surface area contributed by atoms with E-state index in [2.05, 4.69) is 5.32 Å². The Morgan fingerprint density at radius 3 is 2.13 bits per heavy atom. The highest BCUT2D eigenvalue weighted by molar-refractivity contribution is 6.34. The van der Waals surface area contributed by atoms with Crippen LogP contribution in [0.2, 0.25) is 0 Å². The lowest BCUT2D eigenvalue weighted by molar-refractivity contribution is -0.145. The predicted molar refractivity (Wildman–Crippen MR) is 90.5 cm³/mol. The summed E-state index contributed by atoms with van der Waals surface area (Å²) < 4.78 is 0. The molecule has 0 heterocycles. The van der Waals surface area contributed by atoms with Gasteiger partial charge in [-0.1, -0.05) is 67.6 Å². The van der Waals surface area contributed by atoms with Crippen molar-refractivity contribution in [3.05, 3.63) is 71.8 Å². The van der Waals surface area contributed by atoms with Crippen LogP contribution < -0.4 is 5.32 Å². The molecule has 2 amide bonds. The summed E-state index contributed by atoms with van der Waals surface area (Å²) in [4.78, 5) is 25.9. The van der Waals surface area contributed by atoms with Crippen LogP contribution in [0.25, 0.3) is 0 Å². The van der Waals surface area contributed by atoms with Gasteiger partial charge in [0.25, 0.3) is 0 Å². The quantitative estimate of drug-likeness (QED) is 0.863. The average Bonchev–Trinajstić information content (AvgIpc) is 2.60. The number of nitrogens with one attached hydrogen (secondary N) is 1. The van der Waals surface area contributed by atoms with Crippen LogP contribution in [0.1, 0.15) is 30.5 Å². The van der Waals surface area contributed by atoms with Crippen LogP contribution in [0, 0.1) is 0 Å². The Morgan fingerprint density at radius 2 is 1.57 bits per heavy atom. The third-order valence-electron chi connectivity index (χ3n) is 3.72. The van der Waals surface area contributed by atoms with Gasteiger partial charge in [0.2, 0.25) is 0 Å². The molecule has 4 nitrogen and oxygen atoms in total. The highest BCUT2D eigenvalue weighted by Gasteiger charge is 2.22. The molecule has 4 heteroatoms. The molecule has 0 fully saturated rings. The number of rotatable bonds is 5. The molecule has 1 N–H and O–H groups in total. The van der Waals surface area contributed by atoms with Gasteiger partial charge in [-0.15, -0.1) is 0 Å². The first kappa shape index (κ1) is 16.7. The maximum absolute atomic E-state index is 12.2. The number of hydrogen-bond acceptors (Lipinski definition) is 2. The van der Waals surface area contributed by atoms with E-state index in [1.165, 1.54) is 4.90 Å². The second kappa shape index (κ2) is 8.13. The summed E-state index contributed by atoms with van der Waals surface area (Å²) in [7, 11) is 1.64. The van der Waals surface area contributed by atoms with E-state index < -0.39 is 11.8 Å². The van der Waals surface area contributed by atoms with E-state index in [4.69, 9.17) is 0 Å². The normalized spacial score (nSPS) is 11.6. The Bertz CT molecular complexity index is 641. The number of amides is 2. The molecule has 0 spiro atoms. The summed E-state index contributed by atoms with van der Waals surface area (Å²) in [5.41, 5.74) is 1.99. The molecule has 1 atom stereocenters. The van der Waals surface area contributed by atoms with Crippen LogP contribution in [-0.4, -0.2) is 23.8 Å². The van der Waals surface area contributed by atoms with Crippen molar-refractivity contribution in [2.45, 2.75) is 25.9 Å². The van der Waals surface area contributed by atoms with E-state index in [9.17, 15) is 9.59 Å². The predicted octanol–water partition coefficient (Wildman–Crippen LogP) is 2.91. The van der Waals surface area contributed by atoms with Gasteiger partial charge in [-0.3, -0.25) is 9.59 Å². The van der Waals surface area contributed by atoms with Crippen molar-refractivity contribution in [2.24, 2.45) is 0 Å². The summed E-state index contributed by atoms with van der Waals surface area (Å²) in [5, 5.41) is 2.82. The lowest BCUT2D eigenvalue weighted by atomic mass is 10.0. The standard InChI is InChI=1S/C19H22N2O2/c1-3-17(16-12-8-5-9-13-16)20-18(22)19(23)21(2)14-15-10-6-4-7-11-15/h4-13,17H,3,14H2,1-2H3,(H,20,22)/t17-/m1/s1. The third kappa shape index (κ3) is 4.68. The molecule has 0 bridgehead atoms. The van der Waals surface area contributed by atoms with Gasteiger partial charge in [0.15, 0.2) is 0 Å². The van der Waals surface area contributed by atoms with Crippen LogP contribution in [-0.2, 0) is 16.1 Å². The van der Waals surface area contributed by atoms with E-state index in [1.807, 2.05) is 67.6 Å². The fraction of sp³-hybridized carbons (Fsp3) is 0.263. The Hall–Kier alpha value is -2.62. The average molecular weight is 310 g/mol. The van der Waals surface area contributed by atoms with Gasteiger partial charge >= 0.3 is 11.8 Å². The molecule has 0 aliphatic rings. The maximum atomic E-state index is 12.2. The van der Waals surface area contributed by atoms with Crippen molar-refractivity contribution in [1.82, 2.24) is 10.2 Å². The first-order chi connectivity index (χ1) is 11.1. The van der Waals surface area contributed by atoms with Crippen molar-refractivity contribution in [2.75, 3.05) is 7.05 Å². The van der Waals surface area contributed by atoms with Gasteiger partial charge < -0.3 is 10.2 Å². The number of nitrogens with zero attached hydrogens (tertiary/aromatic N) is 1. The fourth-order valence-electron chi connectivity index (χ4n) is 2.43. The van der Waals surface area contributed by atoms with Gasteiger partial charge in [0.1, 0.15) is 0 Å². The smallest absolute Gasteiger partial charge is 0.311 e. The van der Waals surface area contributed by atoms with Crippen LogP contribution in [0.5, 0.6) is 0 Å². The molecule has 2 aromatic carbocycles. The van der Waals surface area contributed by atoms with Gasteiger partial charge in [0, 0.05) is 13.6 Å². The Morgan fingerprint density at radius 1 is 1.00 bits per heavy atom. The van der Waals surface area contributed by atoms with E-state index in [1.54, 1.807) is 7.05 Å². The minimum atomic E-state index is -0.570. The van der Waals surface area contributed by atoms with E-state index in [-0.39, 0.29) is 6.04 Å². The van der Waals surface area contributed by atoms with E-state index in [0.717, 1.165) is 17.5 Å².